The van der Waals surface area contributed by atoms with Gasteiger partial charge in [0.05, 0.1) is 0 Å². The van der Waals surface area contributed by atoms with Crippen LogP contribution in [0.4, 0.5) is 0 Å². The fourth-order valence-electron chi connectivity index (χ4n) is 2.01. The molecule has 0 spiro atoms. The second-order valence-corrected chi connectivity index (χ2v) is 4.65. The molecule has 0 unspecified atom stereocenters. The number of nitrogens with one attached hydrogen (secondary N) is 1. The summed E-state index contributed by atoms with van der Waals surface area (Å²) in [4.78, 5) is 0. The molecule has 2 aromatic carbocycles. The highest BCUT2D eigenvalue weighted by Crippen LogP contribution is 2.20. The summed E-state index contributed by atoms with van der Waals surface area (Å²) in [6, 6.07) is 16.0. The van der Waals surface area contributed by atoms with Crippen molar-refractivity contribution in [3.05, 3.63) is 59.7 Å². The van der Waals surface area contributed by atoms with Crippen LogP contribution in [0.1, 0.15) is 11.1 Å². The molecule has 2 aromatic rings. The van der Waals surface area contributed by atoms with Crippen molar-refractivity contribution in [3.8, 4) is 11.5 Å². The van der Waals surface area contributed by atoms with Gasteiger partial charge in [0.2, 0.25) is 0 Å². The highest BCUT2D eigenvalue weighted by atomic mass is 16.5. The summed E-state index contributed by atoms with van der Waals surface area (Å²) in [6.45, 7) is 3.96. The summed E-state index contributed by atoms with van der Waals surface area (Å²) in [5.74, 6) is 1.79. The van der Waals surface area contributed by atoms with E-state index in [-0.39, 0.29) is 0 Å². The Morgan fingerprint density at radius 1 is 0.950 bits per heavy atom. The van der Waals surface area contributed by atoms with E-state index in [1.54, 1.807) is 0 Å². The molecule has 0 saturated carbocycles. The Bertz CT molecular complexity index is 526. The third-order valence-corrected chi connectivity index (χ3v) is 2.94. The number of rotatable bonds is 7. The van der Waals surface area contributed by atoms with Crippen molar-refractivity contribution in [2.24, 2.45) is 0 Å². The first-order valence-corrected chi connectivity index (χ1v) is 6.84. The van der Waals surface area contributed by atoms with Gasteiger partial charge in [0.25, 0.3) is 0 Å². The van der Waals surface area contributed by atoms with E-state index in [2.05, 4.69) is 24.4 Å². The summed E-state index contributed by atoms with van der Waals surface area (Å²) in [5.41, 5.74) is 2.41. The first-order valence-electron chi connectivity index (χ1n) is 6.84. The van der Waals surface area contributed by atoms with Gasteiger partial charge in [-0.2, -0.15) is 0 Å². The zero-order chi connectivity index (χ0) is 14.2. The molecule has 0 aromatic heterocycles. The largest absolute Gasteiger partial charge is 0.490 e. The van der Waals surface area contributed by atoms with Crippen LogP contribution >= 0.6 is 0 Å². The lowest BCUT2D eigenvalue weighted by molar-refractivity contribution is 0.215. The highest BCUT2D eigenvalue weighted by molar-refractivity contribution is 5.36. The van der Waals surface area contributed by atoms with Gasteiger partial charge in [-0.1, -0.05) is 35.9 Å². The maximum atomic E-state index is 5.80. The predicted molar refractivity (Wildman–Crippen MR) is 81.4 cm³/mol. The number of hydrogen-bond donors (Lipinski definition) is 1. The molecule has 0 saturated heterocycles. The second kappa shape index (κ2) is 7.56. The van der Waals surface area contributed by atoms with Crippen molar-refractivity contribution in [3.63, 3.8) is 0 Å². The van der Waals surface area contributed by atoms with E-state index in [1.165, 1.54) is 11.1 Å². The molecular formula is C17H21NO2. The Kier molecular flexibility index (Phi) is 5.44. The molecule has 20 heavy (non-hydrogen) atoms. The molecule has 3 heteroatoms. The average molecular weight is 271 g/mol. The lowest BCUT2D eigenvalue weighted by Gasteiger charge is -2.12. The molecule has 2 rings (SSSR count). The third kappa shape index (κ3) is 4.28. The van der Waals surface area contributed by atoms with Gasteiger partial charge in [-0.25, -0.2) is 0 Å². The normalized spacial score (nSPS) is 10.3. The predicted octanol–water partition coefficient (Wildman–Crippen LogP) is 3.17. The zero-order valence-electron chi connectivity index (χ0n) is 12.1. The highest BCUT2D eigenvalue weighted by Gasteiger charge is 2.03. The summed E-state index contributed by atoms with van der Waals surface area (Å²) in [5, 5.41) is 3.16. The van der Waals surface area contributed by atoms with Gasteiger partial charge in [-0.3, -0.25) is 0 Å². The maximum absolute atomic E-state index is 5.80. The maximum Gasteiger partial charge on any atom is 0.123 e. The van der Waals surface area contributed by atoms with Crippen LogP contribution in [0.25, 0.3) is 0 Å². The molecule has 0 radical (unpaired) electrons. The number of hydrogen-bond acceptors (Lipinski definition) is 3. The van der Waals surface area contributed by atoms with Gasteiger partial charge < -0.3 is 14.8 Å². The molecule has 0 amide bonds. The van der Waals surface area contributed by atoms with Gasteiger partial charge in [0.15, 0.2) is 0 Å². The zero-order valence-corrected chi connectivity index (χ0v) is 12.1. The first-order chi connectivity index (χ1) is 9.79. The summed E-state index contributed by atoms with van der Waals surface area (Å²) in [6.07, 6.45) is 0. The monoisotopic (exact) mass is 271 g/mol. The fourth-order valence-corrected chi connectivity index (χ4v) is 2.01. The Hall–Kier alpha value is -2.00. The molecule has 3 nitrogen and oxygen atoms in total. The molecule has 0 aliphatic heterocycles. The van der Waals surface area contributed by atoms with Gasteiger partial charge in [0.1, 0.15) is 24.7 Å². The molecule has 106 valence electrons. The number of aryl methyl sites for hydroxylation is 1. The van der Waals surface area contributed by atoms with E-state index in [9.17, 15) is 0 Å². The van der Waals surface area contributed by atoms with Crippen molar-refractivity contribution in [2.75, 3.05) is 20.3 Å². The van der Waals surface area contributed by atoms with Gasteiger partial charge in [0, 0.05) is 12.1 Å². The first kappa shape index (κ1) is 14.4. The summed E-state index contributed by atoms with van der Waals surface area (Å²) in [7, 11) is 1.94. The molecule has 0 fully saturated rings. The smallest absolute Gasteiger partial charge is 0.123 e. The van der Waals surface area contributed by atoms with Gasteiger partial charge >= 0.3 is 0 Å². The van der Waals surface area contributed by atoms with Crippen molar-refractivity contribution in [1.29, 1.82) is 0 Å². The topological polar surface area (TPSA) is 30.5 Å². The van der Waals surface area contributed by atoms with Crippen LogP contribution in [0.3, 0.4) is 0 Å². The summed E-state index contributed by atoms with van der Waals surface area (Å²) >= 11 is 0. The van der Waals surface area contributed by atoms with E-state index >= 15 is 0 Å². The van der Waals surface area contributed by atoms with E-state index in [0.29, 0.717) is 13.2 Å². The molecular weight excluding hydrogens is 250 g/mol. The number of para-hydroxylation sites is 1. The van der Waals surface area contributed by atoms with E-state index in [1.807, 2.05) is 43.4 Å². The van der Waals surface area contributed by atoms with E-state index in [0.717, 1.165) is 18.0 Å². The Labute approximate surface area is 120 Å². The molecule has 0 aliphatic rings. The van der Waals surface area contributed by atoms with Crippen molar-refractivity contribution < 1.29 is 9.47 Å². The quantitative estimate of drug-likeness (QED) is 0.785. The Morgan fingerprint density at radius 2 is 1.70 bits per heavy atom. The molecule has 0 heterocycles. The van der Waals surface area contributed by atoms with Crippen LogP contribution in [-0.4, -0.2) is 20.3 Å². The standard InChI is InChI=1S/C17H21NO2/c1-14-8-9-17(15(12-14)13-18-2)20-11-10-19-16-6-4-3-5-7-16/h3-9,12,18H,10-11,13H2,1-2H3. The fraction of sp³-hybridized carbons (Fsp3) is 0.294. The van der Waals surface area contributed by atoms with Gasteiger partial charge in [-0.15, -0.1) is 0 Å². The third-order valence-electron chi connectivity index (χ3n) is 2.94. The van der Waals surface area contributed by atoms with Crippen LogP contribution in [0.15, 0.2) is 48.5 Å². The lowest BCUT2D eigenvalue weighted by atomic mass is 10.1. The van der Waals surface area contributed by atoms with E-state index < -0.39 is 0 Å². The molecule has 0 aliphatic carbocycles. The molecule has 0 bridgehead atoms. The summed E-state index contributed by atoms with van der Waals surface area (Å²) < 4.78 is 11.4. The molecule has 1 N–H and O–H groups in total. The average Bonchev–Trinajstić information content (AvgIpc) is 2.47. The number of benzene rings is 2. The van der Waals surface area contributed by atoms with Crippen molar-refractivity contribution >= 4 is 0 Å². The second-order valence-electron chi connectivity index (χ2n) is 4.65. The van der Waals surface area contributed by atoms with Crippen LogP contribution in [0.2, 0.25) is 0 Å². The van der Waals surface area contributed by atoms with Gasteiger partial charge in [-0.05, 0) is 32.2 Å². The van der Waals surface area contributed by atoms with Crippen LogP contribution < -0.4 is 14.8 Å². The molecule has 0 atom stereocenters. The minimum absolute atomic E-state index is 0.536. The number of ether oxygens (including phenoxy) is 2. The Morgan fingerprint density at radius 3 is 2.45 bits per heavy atom. The van der Waals surface area contributed by atoms with Crippen LogP contribution in [0.5, 0.6) is 11.5 Å². The van der Waals surface area contributed by atoms with E-state index in [4.69, 9.17) is 9.47 Å². The van der Waals surface area contributed by atoms with Crippen molar-refractivity contribution in [2.45, 2.75) is 13.5 Å². The van der Waals surface area contributed by atoms with Crippen LogP contribution in [0, 0.1) is 6.92 Å². The minimum Gasteiger partial charge on any atom is -0.490 e. The lowest BCUT2D eigenvalue weighted by Crippen LogP contribution is -2.12. The Balaban J connectivity index is 1.84. The SMILES string of the molecule is CNCc1cc(C)ccc1OCCOc1ccccc1. The minimum atomic E-state index is 0.536. The van der Waals surface area contributed by atoms with Crippen molar-refractivity contribution in [1.82, 2.24) is 5.32 Å². The van der Waals surface area contributed by atoms with Crippen LogP contribution in [-0.2, 0) is 6.54 Å².